The van der Waals surface area contributed by atoms with Gasteiger partial charge in [-0.25, -0.2) is 0 Å². The number of benzene rings is 1. The van der Waals surface area contributed by atoms with Gasteiger partial charge in [-0.1, -0.05) is 35.8 Å². The minimum atomic E-state index is -0.267. The molecule has 1 aromatic heterocycles. The van der Waals surface area contributed by atoms with Gasteiger partial charge in [-0.15, -0.1) is 0 Å². The second-order valence-corrected chi connectivity index (χ2v) is 7.26. The van der Waals surface area contributed by atoms with Gasteiger partial charge in [0.25, 0.3) is 0 Å². The molecule has 2 heterocycles. The molecule has 0 saturated carbocycles. The standard InChI is InChI=1S/C20H25ClN4O3/c1-3-17(26)24(4-2)13-18(27)25-11-6-5-10-16(25)20-22-19(23-28-20)14-8-7-9-15(21)12-14/h7-9,12,16H,3-6,10-11,13H2,1-2H3. The molecule has 3 rings (SSSR count). The molecule has 1 atom stereocenters. The van der Waals surface area contributed by atoms with Gasteiger partial charge in [0.2, 0.25) is 23.5 Å². The van der Waals surface area contributed by atoms with Crippen molar-refractivity contribution in [3.05, 3.63) is 35.2 Å². The monoisotopic (exact) mass is 404 g/mol. The van der Waals surface area contributed by atoms with Crippen LogP contribution in [-0.4, -0.2) is 51.4 Å². The molecule has 1 saturated heterocycles. The third kappa shape index (κ3) is 4.52. The van der Waals surface area contributed by atoms with Crippen LogP contribution in [0.1, 0.15) is 51.5 Å². The summed E-state index contributed by atoms with van der Waals surface area (Å²) >= 11 is 6.04. The fourth-order valence-electron chi connectivity index (χ4n) is 3.46. The minimum Gasteiger partial charge on any atom is -0.337 e. The van der Waals surface area contributed by atoms with E-state index in [4.69, 9.17) is 16.1 Å². The van der Waals surface area contributed by atoms with Crippen LogP contribution in [0.25, 0.3) is 11.4 Å². The van der Waals surface area contributed by atoms with Gasteiger partial charge in [0.05, 0.1) is 6.54 Å². The predicted molar refractivity (Wildman–Crippen MR) is 106 cm³/mol. The van der Waals surface area contributed by atoms with Crippen molar-refractivity contribution in [2.75, 3.05) is 19.6 Å². The van der Waals surface area contributed by atoms with Gasteiger partial charge in [-0.3, -0.25) is 9.59 Å². The Labute approximate surface area is 169 Å². The van der Waals surface area contributed by atoms with E-state index in [1.54, 1.807) is 28.9 Å². The lowest BCUT2D eigenvalue weighted by molar-refractivity contribution is -0.143. The second-order valence-electron chi connectivity index (χ2n) is 6.83. The highest BCUT2D eigenvalue weighted by Crippen LogP contribution is 2.31. The zero-order valence-electron chi connectivity index (χ0n) is 16.2. The molecule has 1 fully saturated rings. The van der Waals surface area contributed by atoms with Gasteiger partial charge in [0, 0.05) is 30.1 Å². The fourth-order valence-corrected chi connectivity index (χ4v) is 3.65. The largest absolute Gasteiger partial charge is 0.337 e. The van der Waals surface area contributed by atoms with Gasteiger partial charge < -0.3 is 14.3 Å². The molecule has 2 amide bonds. The molecule has 0 N–H and O–H groups in total. The van der Waals surface area contributed by atoms with E-state index >= 15 is 0 Å². The maximum absolute atomic E-state index is 12.9. The quantitative estimate of drug-likeness (QED) is 0.733. The summed E-state index contributed by atoms with van der Waals surface area (Å²) in [5, 5.41) is 4.66. The van der Waals surface area contributed by atoms with E-state index in [9.17, 15) is 9.59 Å². The summed E-state index contributed by atoms with van der Waals surface area (Å²) in [6, 6.07) is 6.98. The molecular formula is C20H25ClN4O3. The van der Waals surface area contributed by atoms with E-state index in [1.807, 2.05) is 19.1 Å². The Morgan fingerprint density at radius 2 is 2.14 bits per heavy atom. The molecule has 0 bridgehead atoms. The number of piperidine rings is 1. The molecule has 1 aliphatic rings. The van der Waals surface area contributed by atoms with Crippen LogP contribution < -0.4 is 0 Å². The third-order valence-corrected chi connectivity index (χ3v) is 5.23. The van der Waals surface area contributed by atoms with Crippen molar-refractivity contribution in [1.29, 1.82) is 0 Å². The Kier molecular flexibility index (Phi) is 6.67. The average Bonchev–Trinajstić information content (AvgIpc) is 3.21. The van der Waals surface area contributed by atoms with Gasteiger partial charge in [-0.2, -0.15) is 4.98 Å². The van der Waals surface area contributed by atoms with E-state index in [1.165, 1.54) is 0 Å². The van der Waals surface area contributed by atoms with Gasteiger partial charge >= 0.3 is 0 Å². The second kappa shape index (κ2) is 9.19. The first kappa shape index (κ1) is 20.3. The highest BCUT2D eigenvalue weighted by molar-refractivity contribution is 6.30. The number of likely N-dealkylation sites (tertiary alicyclic amines) is 1. The number of carbonyl (C=O) groups excluding carboxylic acids is 2. The molecule has 2 aromatic rings. The van der Waals surface area contributed by atoms with E-state index in [0.717, 1.165) is 24.8 Å². The first-order valence-corrected chi connectivity index (χ1v) is 10.1. The van der Waals surface area contributed by atoms with Crippen LogP contribution in [0.4, 0.5) is 0 Å². The summed E-state index contributed by atoms with van der Waals surface area (Å²) in [5.41, 5.74) is 0.766. The molecule has 150 valence electrons. The highest BCUT2D eigenvalue weighted by Gasteiger charge is 2.33. The number of amides is 2. The van der Waals surface area contributed by atoms with Crippen molar-refractivity contribution in [1.82, 2.24) is 19.9 Å². The number of carbonyl (C=O) groups is 2. The summed E-state index contributed by atoms with van der Waals surface area (Å²) < 4.78 is 5.50. The minimum absolute atomic E-state index is 0.0227. The number of likely N-dealkylation sites (N-methyl/N-ethyl adjacent to an activating group) is 1. The van der Waals surface area contributed by atoms with E-state index in [2.05, 4.69) is 10.1 Å². The topological polar surface area (TPSA) is 79.5 Å². The zero-order chi connectivity index (χ0) is 20.1. The summed E-state index contributed by atoms with van der Waals surface area (Å²) in [5.74, 6) is 0.765. The molecule has 7 nitrogen and oxygen atoms in total. The molecule has 1 aromatic carbocycles. The van der Waals surface area contributed by atoms with Crippen LogP contribution in [0.15, 0.2) is 28.8 Å². The van der Waals surface area contributed by atoms with Crippen molar-refractivity contribution >= 4 is 23.4 Å². The number of rotatable bonds is 6. The molecule has 0 radical (unpaired) electrons. The smallest absolute Gasteiger partial charge is 0.249 e. The Morgan fingerprint density at radius 3 is 2.86 bits per heavy atom. The fraction of sp³-hybridized carbons (Fsp3) is 0.500. The highest BCUT2D eigenvalue weighted by atomic mass is 35.5. The number of aromatic nitrogens is 2. The third-order valence-electron chi connectivity index (χ3n) is 5.00. The van der Waals surface area contributed by atoms with Crippen LogP contribution in [0.2, 0.25) is 5.02 Å². The number of halogens is 1. The molecule has 0 spiro atoms. The number of hydrogen-bond donors (Lipinski definition) is 0. The van der Waals surface area contributed by atoms with E-state index in [0.29, 0.717) is 36.2 Å². The number of nitrogens with zero attached hydrogens (tertiary/aromatic N) is 4. The summed E-state index contributed by atoms with van der Waals surface area (Å²) in [7, 11) is 0. The Balaban J connectivity index is 1.78. The van der Waals surface area contributed by atoms with Gasteiger partial charge in [-0.05, 0) is 38.3 Å². The van der Waals surface area contributed by atoms with E-state index < -0.39 is 0 Å². The Morgan fingerprint density at radius 1 is 1.32 bits per heavy atom. The van der Waals surface area contributed by atoms with Crippen molar-refractivity contribution < 1.29 is 14.1 Å². The average molecular weight is 405 g/mol. The van der Waals surface area contributed by atoms with Crippen LogP contribution in [0.5, 0.6) is 0 Å². The summed E-state index contributed by atoms with van der Waals surface area (Å²) in [6.07, 6.45) is 3.05. The van der Waals surface area contributed by atoms with E-state index in [-0.39, 0.29) is 24.4 Å². The Bertz CT molecular complexity index is 838. The maximum Gasteiger partial charge on any atom is 0.249 e. The summed E-state index contributed by atoms with van der Waals surface area (Å²) in [6.45, 7) is 4.89. The first-order valence-electron chi connectivity index (χ1n) is 9.70. The molecule has 0 aliphatic carbocycles. The normalized spacial score (nSPS) is 16.8. The SMILES string of the molecule is CCC(=O)N(CC)CC(=O)N1CCCCC1c1nc(-c2cccc(Cl)c2)no1. The number of hydrogen-bond acceptors (Lipinski definition) is 5. The lowest BCUT2D eigenvalue weighted by atomic mass is 10.0. The van der Waals surface area contributed by atoms with Crippen LogP contribution in [0.3, 0.4) is 0 Å². The van der Waals surface area contributed by atoms with Gasteiger partial charge in [0.15, 0.2) is 0 Å². The predicted octanol–water partition coefficient (Wildman–Crippen LogP) is 3.70. The Hall–Kier alpha value is -2.41. The van der Waals surface area contributed by atoms with Gasteiger partial charge in [0.1, 0.15) is 6.04 Å². The van der Waals surface area contributed by atoms with Crippen molar-refractivity contribution in [3.8, 4) is 11.4 Å². The lowest BCUT2D eigenvalue weighted by Gasteiger charge is -2.35. The molecular weight excluding hydrogens is 380 g/mol. The maximum atomic E-state index is 12.9. The van der Waals surface area contributed by atoms with Crippen molar-refractivity contribution in [2.45, 2.75) is 45.6 Å². The molecule has 1 aliphatic heterocycles. The van der Waals surface area contributed by atoms with Crippen LogP contribution >= 0.6 is 11.6 Å². The van der Waals surface area contributed by atoms with Crippen molar-refractivity contribution in [3.63, 3.8) is 0 Å². The molecule has 8 heteroatoms. The van der Waals surface area contributed by atoms with Crippen LogP contribution in [0, 0.1) is 0 Å². The lowest BCUT2D eigenvalue weighted by Crippen LogP contribution is -2.45. The molecule has 28 heavy (non-hydrogen) atoms. The zero-order valence-corrected chi connectivity index (χ0v) is 17.0. The van der Waals surface area contributed by atoms with Crippen molar-refractivity contribution in [2.24, 2.45) is 0 Å². The first-order chi connectivity index (χ1) is 13.5. The molecule has 1 unspecified atom stereocenters. The van der Waals surface area contributed by atoms with Crippen LogP contribution in [-0.2, 0) is 9.59 Å². The summed E-state index contributed by atoms with van der Waals surface area (Å²) in [4.78, 5) is 32.8.